The Morgan fingerprint density at radius 2 is 2.00 bits per heavy atom. The van der Waals surface area contributed by atoms with E-state index in [1.54, 1.807) is 34.4 Å². The van der Waals surface area contributed by atoms with Gasteiger partial charge in [0.05, 0.1) is 5.71 Å². The van der Waals surface area contributed by atoms with Crippen LogP contribution in [0, 0.1) is 11.2 Å². The molecular formula is C25H23FN6OS. The summed E-state index contributed by atoms with van der Waals surface area (Å²) in [6.07, 6.45) is 5.27. The van der Waals surface area contributed by atoms with Crippen LogP contribution in [0.15, 0.2) is 72.4 Å². The number of carbonyl (C=O) groups excluding carboxylic acids is 1. The number of halogens is 1. The molecule has 3 heterocycles. The lowest BCUT2D eigenvalue weighted by Crippen LogP contribution is -2.41. The van der Waals surface area contributed by atoms with Gasteiger partial charge in [-0.05, 0) is 54.9 Å². The third-order valence-corrected chi connectivity index (χ3v) is 6.58. The van der Waals surface area contributed by atoms with Gasteiger partial charge >= 0.3 is 0 Å². The summed E-state index contributed by atoms with van der Waals surface area (Å²) in [5.74, 6) is -0.474. The highest BCUT2D eigenvalue weighted by molar-refractivity contribution is 7.14. The second-order valence-electron chi connectivity index (χ2n) is 8.06. The summed E-state index contributed by atoms with van der Waals surface area (Å²) in [7, 11) is 0. The topological polar surface area (TPSA) is 86.4 Å². The Morgan fingerprint density at radius 3 is 2.79 bits per heavy atom. The predicted molar refractivity (Wildman–Crippen MR) is 131 cm³/mol. The minimum absolute atomic E-state index is 0.00770. The van der Waals surface area contributed by atoms with Crippen LogP contribution in [0.2, 0.25) is 0 Å². The fourth-order valence-corrected chi connectivity index (χ4v) is 4.82. The van der Waals surface area contributed by atoms with Gasteiger partial charge in [-0.15, -0.1) is 0 Å². The lowest BCUT2D eigenvalue weighted by molar-refractivity contribution is 0.0730. The monoisotopic (exact) mass is 474 g/mol. The molecule has 2 aromatic heterocycles. The number of hydrogen-bond acceptors (Lipinski definition) is 6. The quantitative estimate of drug-likeness (QED) is 0.390. The van der Waals surface area contributed by atoms with Gasteiger partial charge < -0.3 is 15.6 Å². The van der Waals surface area contributed by atoms with E-state index >= 15 is 0 Å². The van der Waals surface area contributed by atoms with Crippen LogP contribution in [-0.2, 0) is 0 Å². The normalized spacial score (nSPS) is 15.9. The molecule has 2 aromatic carbocycles. The molecule has 1 saturated heterocycles. The van der Waals surface area contributed by atoms with Crippen LogP contribution in [0.4, 0.5) is 4.39 Å². The van der Waals surface area contributed by atoms with Gasteiger partial charge in [-0.25, -0.2) is 9.37 Å². The molecule has 0 aliphatic carbocycles. The van der Waals surface area contributed by atoms with Crippen LogP contribution in [-0.4, -0.2) is 50.2 Å². The molecule has 34 heavy (non-hydrogen) atoms. The maximum absolute atomic E-state index is 13.7. The minimum atomic E-state index is -0.338. The van der Waals surface area contributed by atoms with Gasteiger partial charge in [-0.3, -0.25) is 4.79 Å². The zero-order chi connectivity index (χ0) is 23.5. The number of amides is 1. The molecule has 7 nitrogen and oxygen atoms in total. The highest BCUT2D eigenvalue weighted by atomic mass is 32.1. The summed E-state index contributed by atoms with van der Waals surface area (Å²) in [5, 5.41) is 15.7. The number of benzene rings is 2. The van der Waals surface area contributed by atoms with Crippen LogP contribution >= 0.6 is 11.3 Å². The van der Waals surface area contributed by atoms with Crippen LogP contribution in [0.3, 0.4) is 0 Å². The van der Waals surface area contributed by atoms with Gasteiger partial charge in [0.15, 0.2) is 5.69 Å². The second-order valence-corrected chi connectivity index (χ2v) is 8.88. The van der Waals surface area contributed by atoms with Crippen LogP contribution in [0.5, 0.6) is 0 Å². The van der Waals surface area contributed by atoms with Crippen molar-refractivity contribution in [2.75, 3.05) is 13.1 Å². The third kappa shape index (κ3) is 4.34. The molecule has 0 bridgehead atoms. The summed E-state index contributed by atoms with van der Waals surface area (Å²) >= 11 is 1.35. The molecule has 0 unspecified atom stereocenters. The Balaban J connectivity index is 1.33. The molecule has 172 valence electrons. The molecule has 1 fully saturated rings. The van der Waals surface area contributed by atoms with Crippen LogP contribution in [0.1, 0.15) is 28.9 Å². The van der Waals surface area contributed by atoms with E-state index in [2.05, 4.69) is 15.4 Å². The van der Waals surface area contributed by atoms with E-state index < -0.39 is 0 Å². The number of likely N-dealkylation sites (tertiary alicyclic amines) is 1. The van der Waals surface area contributed by atoms with Crippen molar-refractivity contribution in [2.45, 2.75) is 18.9 Å². The highest BCUT2D eigenvalue weighted by Crippen LogP contribution is 2.29. The third-order valence-electron chi connectivity index (χ3n) is 5.91. The zero-order valence-electron chi connectivity index (χ0n) is 18.3. The van der Waals surface area contributed by atoms with Crippen molar-refractivity contribution in [3.63, 3.8) is 0 Å². The molecule has 2 N–H and O–H groups in total. The predicted octanol–water partition coefficient (Wildman–Crippen LogP) is 4.37. The van der Waals surface area contributed by atoms with Crippen molar-refractivity contribution in [3.8, 4) is 11.3 Å². The molecule has 0 spiro atoms. The molecule has 1 aliphatic rings. The maximum atomic E-state index is 13.7. The molecule has 5 rings (SSSR count). The molecular weight excluding hydrogens is 451 g/mol. The SMILES string of the molecule is N=C(/C=C\NC[C@@H]1CCCN1C(=O)c1c(-c2ccc(F)cc2)nc2scnn12)c1ccccc1. The summed E-state index contributed by atoms with van der Waals surface area (Å²) in [5.41, 5.74) is 4.51. The smallest absolute Gasteiger partial charge is 0.275 e. The molecule has 0 radical (unpaired) electrons. The van der Waals surface area contributed by atoms with E-state index in [9.17, 15) is 9.18 Å². The van der Waals surface area contributed by atoms with Gasteiger partial charge in [-0.2, -0.15) is 9.61 Å². The van der Waals surface area contributed by atoms with Crippen LogP contribution < -0.4 is 5.32 Å². The van der Waals surface area contributed by atoms with E-state index in [0.717, 1.165) is 18.4 Å². The van der Waals surface area contributed by atoms with Crippen molar-refractivity contribution in [1.82, 2.24) is 24.8 Å². The number of fused-ring (bicyclic) bond motifs is 1. The van der Waals surface area contributed by atoms with Gasteiger partial charge in [-0.1, -0.05) is 41.7 Å². The number of aromatic nitrogens is 3. The number of hydrogen-bond donors (Lipinski definition) is 2. The molecule has 0 saturated carbocycles. The maximum Gasteiger partial charge on any atom is 0.275 e. The Hall–Kier alpha value is -3.85. The minimum Gasteiger partial charge on any atom is -0.389 e. The van der Waals surface area contributed by atoms with Gasteiger partial charge in [0.25, 0.3) is 5.91 Å². The van der Waals surface area contributed by atoms with Crippen LogP contribution in [0.25, 0.3) is 16.2 Å². The standard InChI is InChI=1S/C25H23FN6OS/c26-19-10-8-18(9-11-19)22-23(32-25(30-22)34-16-29-32)24(33)31-14-4-7-20(31)15-28-13-12-21(27)17-5-2-1-3-6-17/h1-3,5-6,8-13,16,20,27-28H,4,7,14-15H2/b13-12-,27-21?/t20-/m0/s1. The Morgan fingerprint density at radius 1 is 1.21 bits per heavy atom. The fourth-order valence-electron chi connectivity index (χ4n) is 4.21. The zero-order valence-corrected chi connectivity index (χ0v) is 19.1. The molecule has 1 aliphatic heterocycles. The second kappa shape index (κ2) is 9.56. The van der Waals surface area contributed by atoms with Gasteiger partial charge in [0, 0.05) is 24.7 Å². The summed E-state index contributed by atoms with van der Waals surface area (Å²) < 4.78 is 15.0. The summed E-state index contributed by atoms with van der Waals surface area (Å²) in [6, 6.07) is 15.5. The first-order valence-corrected chi connectivity index (χ1v) is 11.9. The number of allylic oxidation sites excluding steroid dienone is 1. The molecule has 1 atom stereocenters. The number of rotatable bonds is 7. The van der Waals surface area contributed by atoms with E-state index in [-0.39, 0.29) is 17.8 Å². The lowest BCUT2D eigenvalue weighted by atomic mass is 10.1. The first-order chi connectivity index (χ1) is 16.6. The lowest BCUT2D eigenvalue weighted by Gasteiger charge is -2.24. The molecule has 1 amide bonds. The average Bonchev–Trinajstić information content (AvgIpc) is 3.58. The van der Waals surface area contributed by atoms with Gasteiger partial charge in [0.1, 0.15) is 17.0 Å². The van der Waals surface area contributed by atoms with Gasteiger partial charge in [0.2, 0.25) is 4.96 Å². The van der Waals surface area contributed by atoms with Crippen molar-refractivity contribution < 1.29 is 9.18 Å². The highest BCUT2D eigenvalue weighted by Gasteiger charge is 2.33. The van der Waals surface area contributed by atoms with Crippen molar-refractivity contribution in [3.05, 3.63) is 89.5 Å². The number of nitrogens with one attached hydrogen (secondary N) is 2. The van der Waals surface area contributed by atoms with E-state index in [1.165, 1.54) is 23.5 Å². The first kappa shape index (κ1) is 22.0. The summed E-state index contributed by atoms with van der Waals surface area (Å²) in [4.78, 5) is 20.8. The fraction of sp³-hybridized carbons (Fsp3) is 0.200. The van der Waals surface area contributed by atoms with Crippen molar-refractivity contribution >= 4 is 27.9 Å². The Bertz CT molecular complexity index is 1350. The van der Waals surface area contributed by atoms with Crippen molar-refractivity contribution in [1.29, 1.82) is 5.41 Å². The Labute approximate surface area is 200 Å². The first-order valence-electron chi connectivity index (χ1n) is 11.0. The average molecular weight is 475 g/mol. The van der Waals surface area contributed by atoms with E-state index in [4.69, 9.17) is 5.41 Å². The Kier molecular flexibility index (Phi) is 6.18. The number of nitrogens with zero attached hydrogens (tertiary/aromatic N) is 4. The number of imidazole rings is 1. The van der Waals surface area contributed by atoms with E-state index in [1.807, 2.05) is 35.2 Å². The molecule has 9 heteroatoms. The van der Waals surface area contributed by atoms with E-state index in [0.29, 0.717) is 40.7 Å². The largest absolute Gasteiger partial charge is 0.389 e. The molecule has 4 aromatic rings. The van der Waals surface area contributed by atoms with Crippen molar-refractivity contribution in [2.24, 2.45) is 0 Å². The number of carbonyl (C=O) groups is 1. The summed E-state index contributed by atoms with van der Waals surface area (Å²) in [6.45, 7) is 1.23.